The van der Waals surface area contributed by atoms with E-state index in [1.165, 1.54) is 0 Å². The summed E-state index contributed by atoms with van der Waals surface area (Å²) in [6.07, 6.45) is 1.69. The standard InChI is InChI=1S/C18H18ClN3O2/c1-24-16-9-3-2-8-15(16)21-18(23)22(17-10-5-11-20-17)14-7-4-6-13(19)12-14/h2-4,6-9,12H,5,10-11H2,1H3,(H,21,23). The zero-order valence-electron chi connectivity index (χ0n) is 13.3. The number of halogens is 1. The first kappa shape index (κ1) is 16.3. The van der Waals surface area contributed by atoms with Crippen LogP contribution in [0.3, 0.4) is 0 Å². The summed E-state index contributed by atoms with van der Waals surface area (Å²) >= 11 is 6.09. The first-order valence-electron chi connectivity index (χ1n) is 7.72. The van der Waals surface area contributed by atoms with Crippen LogP contribution in [0, 0.1) is 0 Å². The number of para-hydroxylation sites is 2. The Hall–Kier alpha value is -2.53. The Kier molecular flexibility index (Phi) is 5.01. The summed E-state index contributed by atoms with van der Waals surface area (Å²) in [7, 11) is 1.57. The van der Waals surface area contributed by atoms with Gasteiger partial charge in [-0.25, -0.2) is 4.79 Å². The van der Waals surface area contributed by atoms with Crippen molar-refractivity contribution in [3.8, 4) is 5.75 Å². The van der Waals surface area contributed by atoms with Crippen molar-refractivity contribution in [2.24, 2.45) is 4.99 Å². The van der Waals surface area contributed by atoms with E-state index in [2.05, 4.69) is 10.3 Å². The minimum Gasteiger partial charge on any atom is -0.495 e. The highest BCUT2D eigenvalue weighted by molar-refractivity contribution is 6.31. The van der Waals surface area contributed by atoms with Crippen LogP contribution in [0.5, 0.6) is 5.75 Å². The molecule has 0 bridgehead atoms. The van der Waals surface area contributed by atoms with Crippen molar-refractivity contribution in [3.05, 3.63) is 53.6 Å². The van der Waals surface area contributed by atoms with Crippen molar-refractivity contribution in [2.45, 2.75) is 12.8 Å². The average Bonchev–Trinajstić information content (AvgIpc) is 3.09. The maximum atomic E-state index is 12.9. The number of nitrogens with zero attached hydrogens (tertiary/aromatic N) is 2. The number of hydrogen-bond acceptors (Lipinski definition) is 3. The summed E-state index contributed by atoms with van der Waals surface area (Å²) in [5.74, 6) is 1.34. The minimum absolute atomic E-state index is 0.289. The van der Waals surface area contributed by atoms with Crippen LogP contribution in [0.1, 0.15) is 12.8 Å². The van der Waals surface area contributed by atoms with Crippen LogP contribution in [0.25, 0.3) is 0 Å². The molecule has 24 heavy (non-hydrogen) atoms. The topological polar surface area (TPSA) is 53.9 Å². The molecule has 0 radical (unpaired) electrons. The molecule has 2 aromatic carbocycles. The van der Waals surface area contributed by atoms with Crippen LogP contribution in [0.4, 0.5) is 16.2 Å². The smallest absolute Gasteiger partial charge is 0.331 e. The van der Waals surface area contributed by atoms with Gasteiger partial charge in [-0.1, -0.05) is 29.8 Å². The molecule has 1 aliphatic rings. The molecule has 2 aromatic rings. The van der Waals surface area contributed by atoms with E-state index in [4.69, 9.17) is 16.3 Å². The Morgan fingerprint density at radius 2 is 2.08 bits per heavy atom. The number of amides is 2. The van der Waals surface area contributed by atoms with Crippen LogP contribution >= 0.6 is 11.6 Å². The quantitative estimate of drug-likeness (QED) is 0.886. The number of hydrogen-bond donors (Lipinski definition) is 1. The van der Waals surface area contributed by atoms with Gasteiger partial charge in [-0.15, -0.1) is 0 Å². The Morgan fingerprint density at radius 1 is 1.25 bits per heavy atom. The Balaban J connectivity index is 1.92. The second-order valence-corrected chi connectivity index (χ2v) is 5.78. The molecule has 0 saturated heterocycles. The van der Waals surface area contributed by atoms with Crippen molar-refractivity contribution < 1.29 is 9.53 Å². The van der Waals surface area contributed by atoms with Crippen molar-refractivity contribution in [2.75, 3.05) is 23.9 Å². The normalized spacial score (nSPS) is 13.3. The third-order valence-electron chi connectivity index (χ3n) is 3.73. The van der Waals surface area contributed by atoms with Gasteiger partial charge in [-0.2, -0.15) is 0 Å². The molecular weight excluding hydrogens is 326 g/mol. The number of amidine groups is 1. The fourth-order valence-electron chi connectivity index (χ4n) is 2.62. The van der Waals surface area contributed by atoms with Crippen LogP contribution in [-0.4, -0.2) is 25.5 Å². The third kappa shape index (κ3) is 3.51. The third-order valence-corrected chi connectivity index (χ3v) is 3.96. The van der Waals surface area contributed by atoms with Crippen molar-refractivity contribution in [1.29, 1.82) is 0 Å². The molecular formula is C18H18ClN3O2. The van der Waals surface area contributed by atoms with Crippen LogP contribution in [-0.2, 0) is 0 Å². The monoisotopic (exact) mass is 343 g/mol. The molecule has 0 atom stereocenters. The van der Waals surface area contributed by atoms with E-state index in [-0.39, 0.29) is 6.03 Å². The SMILES string of the molecule is COc1ccccc1NC(=O)N(C1=NCCC1)c1cccc(Cl)c1. The first-order valence-corrected chi connectivity index (χ1v) is 8.10. The zero-order valence-corrected chi connectivity index (χ0v) is 14.1. The average molecular weight is 344 g/mol. The molecule has 2 amide bonds. The molecule has 0 fully saturated rings. The molecule has 1 heterocycles. The maximum absolute atomic E-state index is 12.9. The van der Waals surface area contributed by atoms with Gasteiger partial charge in [-0.05, 0) is 36.8 Å². The van der Waals surface area contributed by atoms with Gasteiger partial charge >= 0.3 is 6.03 Å². The second kappa shape index (κ2) is 7.36. The predicted molar refractivity (Wildman–Crippen MR) is 97.5 cm³/mol. The number of urea groups is 1. The molecule has 1 N–H and O–H groups in total. The predicted octanol–water partition coefficient (Wildman–Crippen LogP) is 4.58. The number of carbonyl (C=O) groups excluding carboxylic acids is 1. The van der Waals surface area contributed by atoms with E-state index in [1.807, 2.05) is 24.3 Å². The van der Waals surface area contributed by atoms with Gasteiger partial charge in [0.25, 0.3) is 0 Å². The van der Waals surface area contributed by atoms with Gasteiger partial charge in [0.05, 0.1) is 18.5 Å². The molecule has 124 valence electrons. The van der Waals surface area contributed by atoms with Gasteiger partial charge < -0.3 is 10.1 Å². The van der Waals surface area contributed by atoms with Gasteiger partial charge in [0.2, 0.25) is 0 Å². The molecule has 6 heteroatoms. The number of methoxy groups -OCH3 is 1. The molecule has 5 nitrogen and oxygen atoms in total. The number of carbonyl (C=O) groups is 1. The van der Waals surface area contributed by atoms with Gasteiger partial charge in [-0.3, -0.25) is 9.89 Å². The molecule has 1 aliphatic heterocycles. The van der Waals surface area contributed by atoms with E-state index in [9.17, 15) is 4.79 Å². The first-order chi connectivity index (χ1) is 11.7. The zero-order chi connectivity index (χ0) is 16.9. The lowest BCUT2D eigenvalue weighted by atomic mass is 10.2. The minimum atomic E-state index is -0.289. The van der Waals surface area contributed by atoms with Crippen molar-refractivity contribution >= 4 is 34.8 Å². The molecule has 0 spiro atoms. The van der Waals surface area contributed by atoms with Crippen LogP contribution < -0.4 is 15.0 Å². The molecule has 0 aliphatic carbocycles. The summed E-state index contributed by atoms with van der Waals surface area (Å²) < 4.78 is 5.29. The Bertz CT molecular complexity index is 776. The molecule has 3 rings (SSSR count). The van der Waals surface area contributed by atoms with Gasteiger partial charge in [0.1, 0.15) is 11.6 Å². The van der Waals surface area contributed by atoms with Crippen molar-refractivity contribution in [3.63, 3.8) is 0 Å². The second-order valence-electron chi connectivity index (χ2n) is 5.35. The summed E-state index contributed by atoms with van der Waals surface area (Å²) in [4.78, 5) is 18.9. The van der Waals surface area contributed by atoms with Crippen LogP contribution in [0.2, 0.25) is 5.02 Å². The Morgan fingerprint density at radius 3 is 2.79 bits per heavy atom. The van der Waals surface area contributed by atoms with E-state index in [0.29, 0.717) is 22.1 Å². The number of nitrogens with one attached hydrogen (secondary N) is 1. The van der Waals surface area contributed by atoms with E-state index in [1.54, 1.807) is 36.3 Å². The Labute approximate surface area is 145 Å². The lowest BCUT2D eigenvalue weighted by Gasteiger charge is -2.23. The summed E-state index contributed by atoms with van der Waals surface area (Å²) in [5, 5.41) is 3.46. The maximum Gasteiger partial charge on any atom is 0.331 e. The largest absolute Gasteiger partial charge is 0.495 e. The van der Waals surface area contributed by atoms with E-state index < -0.39 is 0 Å². The van der Waals surface area contributed by atoms with E-state index in [0.717, 1.165) is 25.2 Å². The molecule has 0 saturated carbocycles. The van der Waals surface area contributed by atoms with Crippen molar-refractivity contribution in [1.82, 2.24) is 0 Å². The lowest BCUT2D eigenvalue weighted by molar-refractivity contribution is 0.259. The number of ether oxygens (including phenoxy) is 1. The summed E-state index contributed by atoms with van der Waals surface area (Å²) in [5.41, 5.74) is 1.30. The van der Waals surface area contributed by atoms with Gasteiger partial charge in [0, 0.05) is 18.0 Å². The van der Waals surface area contributed by atoms with E-state index >= 15 is 0 Å². The highest BCUT2D eigenvalue weighted by Gasteiger charge is 2.24. The number of aliphatic imine (C=N–C) groups is 1. The molecule has 0 aromatic heterocycles. The molecule has 0 unspecified atom stereocenters. The lowest BCUT2D eigenvalue weighted by Crippen LogP contribution is -2.39. The van der Waals surface area contributed by atoms with Crippen LogP contribution in [0.15, 0.2) is 53.5 Å². The summed E-state index contributed by atoms with van der Waals surface area (Å²) in [6, 6.07) is 14.2. The fourth-order valence-corrected chi connectivity index (χ4v) is 2.81. The number of anilines is 2. The summed E-state index contributed by atoms with van der Waals surface area (Å²) in [6.45, 7) is 0.730. The highest BCUT2D eigenvalue weighted by atomic mass is 35.5. The fraction of sp³-hybridized carbons (Fsp3) is 0.222. The number of benzene rings is 2. The highest BCUT2D eigenvalue weighted by Crippen LogP contribution is 2.27. The van der Waals surface area contributed by atoms with Gasteiger partial charge in [0.15, 0.2) is 0 Å². The number of rotatable bonds is 3.